The minimum absolute atomic E-state index is 0. The Balaban J connectivity index is -0.000000282. The zero-order chi connectivity index (χ0) is 11.4. The molecule has 0 fully saturated rings. The molecule has 0 aliphatic rings. The van der Waals surface area contributed by atoms with Crippen molar-refractivity contribution in [3.8, 4) is 0 Å². The summed E-state index contributed by atoms with van der Waals surface area (Å²) >= 11 is 0.179. The Morgan fingerprint density at radius 1 is 1.24 bits per heavy atom. The molecular weight excluding hydrogens is 323 g/mol. The number of hydrogen-bond acceptors (Lipinski definition) is 8. The summed E-state index contributed by atoms with van der Waals surface area (Å²) < 4.78 is 24.0. The summed E-state index contributed by atoms with van der Waals surface area (Å²) in [7, 11) is -5.51. The summed E-state index contributed by atoms with van der Waals surface area (Å²) in [5, 5.41) is 8.76. The second kappa shape index (κ2) is 13.3. The van der Waals surface area contributed by atoms with Crippen LogP contribution >= 0.6 is 26.0 Å². The van der Waals surface area contributed by atoms with Crippen molar-refractivity contribution in [3.05, 3.63) is 0 Å². The number of hydrogen-bond donors (Lipinski definition) is 1. The van der Waals surface area contributed by atoms with Gasteiger partial charge in [0.1, 0.15) is 0 Å². The standard InChI is InChI=1S/C4H12O7P2S.3Na/c1-4(5)2-3-14-13(9,10)11-12(6,7)8;;;/h4-5H,2-3H2,1H3,(H,9,10)(H2,6,7,8);;;/q;3*+1/p-3. The van der Waals surface area contributed by atoms with E-state index in [0.29, 0.717) is 0 Å². The van der Waals surface area contributed by atoms with Crippen LogP contribution in [0.25, 0.3) is 0 Å². The molecule has 2 atom stereocenters. The van der Waals surface area contributed by atoms with Gasteiger partial charge in [-0.1, -0.05) is 11.4 Å². The summed E-state index contributed by atoms with van der Waals surface area (Å²) in [4.78, 5) is 30.7. The fourth-order valence-electron chi connectivity index (χ4n) is 0.481. The predicted molar refractivity (Wildman–Crippen MR) is 45.1 cm³/mol. The summed E-state index contributed by atoms with van der Waals surface area (Å²) in [6.45, 7) is -3.26. The van der Waals surface area contributed by atoms with Gasteiger partial charge in [-0.15, -0.1) is 0 Å². The van der Waals surface area contributed by atoms with Crippen LogP contribution in [0.1, 0.15) is 13.3 Å². The van der Waals surface area contributed by atoms with Gasteiger partial charge in [-0.2, -0.15) is 0 Å². The molecule has 2 unspecified atom stereocenters. The van der Waals surface area contributed by atoms with E-state index in [-0.39, 0.29) is 112 Å². The third kappa shape index (κ3) is 22.0. The Bertz CT molecular complexity index is 272. The van der Waals surface area contributed by atoms with E-state index in [2.05, 4.69) is 4.31 Å². The minimum Gasteiger partial charge on any atom is -0.790 e. The van der Waals surface area contributed by atoms with Gasteiger partial charge in [-0.25, -0.2) is 0 Å². The van der Waals surface area contributed by atoms with E-state index < -0.39 is 20.7 Å². The fraction of sp³-hybridized carbons (Fsp3) is 1.00. The summed E-state index contributed by atoms with van der Waals surface area (Å²) in [5.74, 6) is -0.0432. The second-order valence-electron chi connectivity index (χ2n) is 2.45. The molecule has 0 aromatic rings. The fourth-order valence-corrected chi connectivity index (χ4v) is 4.47. The van der Waals surface area contributed by atoms with Crippen molar-refractivity contribution in [2.45, 2.75) is 19.4 Å². The Hall–Kier alpha value is 3.61. The molecule has 0 rings (SSSR count). The molecule has 0 aromatic carbocycles. The molecule has 0 saturated carbocycles. The summed E-state index contributed by atoms with van der Waals surface area (Å²) in [6.07, 6.45) is -0.545. The average molecular weight is 332 g/mol. The molecule has 0 saturated heterocycles. The predicted octanol–water partition coefficient (Wildman–Crippen LogP) is -10.2. The first kappa shape index (κ1) is 28.7. The Labute approximate surface area is 170 Å². The first-order chi connectivity index (χ1) is 6.12. The maximum atomic E-state index is 10.7. The number of rotatable bonds is 6. The van der Waals surface area contributed by atoms with Crippen LogP contribution in [0.4, 0.5) is 0 Å². The third-order valence-electron chi connectivity index (χ3n) is 0.985. The summed E-state index contributed by atoms with van der Waals surface area (Å²) in [6, 6.07) is 0. The monoisotopic (exact) mass is 332 g/mol. The molecule has 0 aliphatic carbocycles. The number of phosphoric acid groups is 1. The Kier molecular flexibility index (Phi) is 22.4. The SMILES string of the molecule is CC(O)CCSP(=O)([O-])OP(=O)([O-])[O-].[Na+].[Na+].[Na+]. The van der Waals surface area contributed by atoms with Gasteiger partial charge in [0.05, 0.1) is 13.9 Å². The van der Waals surface area contributed by atoms with Crippen LogP contribution in [-0.2, 0) is 13.4 Å². The molecular formula is C4H9Na3O7P2S. The van der Waals surface area contributed by atoms with E-state index in [1.807, 2.05) is 0 Å². The first-order valence-electron chi connectivity index (χ1n) is 3.49. The zero-order valence-corrected chi connectivity index (χ0v) is 18.8. The maximum absolute atomic E-state index is 10.7. The number of aliphatic hydroxyl groups excluding tert-OH is 1. The van der Waals surface area contributed by atoms with Gasteiger partial charge in [0.15, 0.2) is 6.80 Å². The largest absolute Gasteiger partial charge is 1.00 e. The van der Waals surface area contributed by atoms with E-state index in [0.717, 1.165) is 0 Å². The average Bonchev–Trinajstić information content (AvgIpc) is 1.78. The van der Waals surface area contributed by atoms with Crippen LogP contribution in [0.5, 0.6) is 0 Å². The molecule has 0 aromatic heterocycles. The summed E-state index contributed by atoms with van der Waals surface area (Å²) in [5.41, 5.74) is 0. The van der Waals surface area contributed by atoms with E-state index in [9.17, 15) is 23.8 Å². The molecule has 13 heteroatoms. The smallest absolute Gasteiger partial charge is 0.790 e. The molecule has 0 spiro atoms. The molecule has 86 valence electrons. The molecule has 0 bridgehead atoms. The zero-order valence-electron chi connectivity index (χ0n) is 10.2. The first-order valence-corrected chi connectivity index (χ1v) is 8.09. The topological polar surface area (TPSA) is 133 Å². The van der Waals surface area contributed by atoms with E-state index in [1.165, 1.54) is 6.92 Å². The van der Waals surface area contributed by atoms with Gasteiger partial charge >= 0.3 is 88.7 Å². The van der Waals surface area contributed by atoms with Crippen LogP contribution in [0.15, 0.2) is 0 Å². The number of aliphatic hydroxyl groups is 1. The molecule has 0 amide bonds. The van der Waals surface area contributed by atoms with Crippen LogP contribution in [0.2, 0.25) is 0 Å². The van der Waals surface area contributed by atoms with Crippen molar-refractivity contribution in [2.75, 3.05) is 5.75 Å². The Morgan fingerprint density at radius 2 is 1.65 bits per heavy atom. The Morgan fingerprint density at radius 3 is 1.94 bits per heavy atom. The molecule has 0 heterocycles. The van der Waals surface area contributed by atoms with Crippen LogP contribution in [0.3, 0.4) is 0 Å². The van der Waals surface area contributed by atoms with Gasteiger partial charge < -0.3 is 24.4 Å². The van der Waals surface area contributed by atoms with Gasteiger partial charge in [0.25, 0.3) is 0 Å². The second-order valence-corrected chi connectivity index (χ2v) is 7.67. The van der Waals surface area contributed by atoms with Crippen molar-refractivity contribution in [1.29, 1.82) is 0 Å². The van der Waals surface area contributed by atoms with Crippen molar-refractivity contribution in [3.63, 3.8) is 0 Å². The molecule has 1 N–H and O–H groups in total. The molecule has 17 heavy (non-hydrogen) atoms. The van der Waals surface area contributed by atoms with Gasteiger partial charge in [0, 0.05) is 5.75 Å². The molecule has 7 nitrogen and oxygen atoms in total. The maximum Gasteiger partial charge on any atom is 1.00 e. The quantitative estimate of drug-likeness (QED) is 0.374. The van der Waals surface area contributed by atoms with Crippen LogP contribution in [-0.4, -0.2) is 17.0 Å². The normalized spacial score (nSPS) is 15.6. The van der Waals surface area contributed by atoms with Crippen LogP contribution in [0, 0.1) is 0 Å². The van der Waals surface area contributed by atoms with Crippen molar-refractivity contribution >= 4 is 26.0 Å². The van der Waals surface area contributed by atoms with Crippen molar-refractivity contribution in [1.82, 2.24) is 0 Å². The van der Waals surface area contributed by atoms with Gasteiger partial charge in [-0.05, 0) is 13.3 Å². The minimum atomic E-state index is -5.51. The van der Waals surface area contributed by atoms with E-state index in [4.69, 9.17) is 5.11 Å². The third-order valence-corrected chi connectivity index (χ3v) is 5.42. The van der Waals surface area contributed by atoms with Crippen molar-refractivity contribution in [2.24, 2.45) is 0 Å². The van der Waals surface area contributed by atoms with Gasteiger partial charge in [-0.3, -0.25) is 8.88 Å². The van der Waals surface area contributed by atoms with E-state index in [1.54, 1.807) is 0 Å². The molecule has 0 radical (unpaired) electrons. The molecule has 0 aliphatic heterocycles. The van der Waals surface area contributed by atoms with Crippen LogP contribution < -0.4 is 103 Å². The van der Waals surface area contributed by atoms with Crippen molar-refractivity contribution < 1.29 is 122 Å². The van der Waals surface area contributed by atoms with E-state index >= 15 is 0 Å². The van der Waals surface area contributed by atoms with Gasteiger partial charge in [0.2, 0.25) is 0 Å².